The van der Waals surface area contributed by atoms with Crippen LogP contribution in [0.15, 0.2) is 37.2 Å². The van der Waals surface area contributed by atoms with Gasteiger partial charge in [0.25, 0.3) is 5.91 Å². The van der Waals surface area contributed by atoms with E-state index in [0.29, 0.717) is 5.56 Å². The maximum Gasteiger partial charge on any atom is 0.256 e. The highest BCUT2D eigenvalue weighted by Gasteiger charge is 2.49. The van der Waals surface area contributed by atoms with E-state index in [1.807, 2.05) is 0 Å². The Morgan fingerprint density at radius 1 is 1.48 bits per heavy atom. The topological polar surface area (TPSA) is 62.3 Å². The zero-order valence-electron chi connectivity index (χ0n) is 12.2. The third kappa shape index (κ3) is 4.59. The van der Waals surface area contributed by atoms with Crippen LogP contribution in [-0.4, -0.2) is 44.1 Å². The molecule has 124 valence electrons. The Hall–Kier alpha value is -1.30. The van der Waals surface area contributed by atoms with E-state index in [1.54, 1.807) is 18.3 Å². The van der Waals surface area contributed by atoms with Crippen molar-refractivity contribution >= 4 is 46.6 Å². The van der Waals surface area contributed by atoms with Gasteiger partial charge in [-0.05, 0) is 25.0 Å². The Kier molecular flexibility index (Phi) is 5.89. The Morgan fingerprint density at radius 2 is 2.17 bits per heavy atom. The van der Waals surface area contributed by atoms with Gasteiger partial charge in [-0.3, -0.25) is 14.6 Å². The summed E-state index contributed by atoms with van der Waals surface area (Å²) in [5, 5.41) is 2.59. The Morgan fingerprint density at radius 3 is 2.65 bits per heavy atom. The van der Waals surface area contributed by atoms with Crippen LogP contribution in [0.1, 0.15) is 23.2 Å². The fraction of sp³-hybridized carbons (Fsp3) is 0.400. The fourth-order valence-corrected chi connectivity index (χ4v) is 2.80. The van der Waals surface area contributed by atoms with Crippen LogP contribution in [0, 0.1) is 0 Å². The number of hydrogen-bond acceptors (Lipinski definition) is 3. The van der Waals surface area contributed by atoms with Crippen LogP contribution in [-0.2, 0) is 4.79 Å². The van der Waals surface area contributed by atoms with E-state index in [2.05, 4.69) is 16.9 Å². The summed E-state index contributed by atoms with van der Waals surface area (Å²) in [6.07, 6.45) is 6.02. The number of carbonyl (C=O) groups is 2. The van der Waals surface area contributed by atoms with Gasteiger partial charge in [0.1, 0.15) is 0 Å². The Balaban J connectivity index is 2.33. The molecule has 1 fully saturated rings. The standard InChI is InChI=1S/C15H16Cl3N3O2/c1-2-7-20-13(22)12(15(16,17)18)21(11-5-6-11)14(23)10-4-3-8-19-9-10/h2-4,8-9,11-12H,1,5-7H2,(H,20,22). The molecular formula is C15H16Cl3N3O2. The van der Waals surface area contributed by atoms with Gasteiger partial charge in [-0.2, -0.15) is 0 Å². The summed E-state index contributed by atoms with van der Waals surface area (Å²) >= 11 is 18.0. The lowest BCUT2D eigenvalue weighted by Gasteiger charge is -2.35. The number of alkyl halides is 3. The van der Waals surface area contributed by atoms with Gasteiger partial charge in [0, 0.05) is 25.0 Å². The number of hydrogen-bond donors (Lipinski definition) is 1. The number of rotatable bonds is 6. The normalized spacial score (nSPS) is 15.6. The van der Waals surface area contributed by atoms with Crippen molar-refractivity contribution in [3.05, 3.63) is 42.7 Å². The monoisotopic (exact) mass is 375 g/mol. The first-order chi connectivity index (χ1) is 10.9. The molecule has 23 heavy (non-hydrogen) atoms. The highest BCUT2D eigenvalue weighted by molar-refractivity contribution is 6.69. The molecule has 1 N–H and O–H groups in total. The molecule has 0 radical (unpaired) electrons. The average molecular weight is 377 g/mol. The molecule has 8 heteroatoms. The molecule has 1 aliphatic carbocycles. The minimum Gasteiger partial charge on any atom is -0.351 e. The second-order valence-electron chi connectivity index (χ2n) is 5.16. The van der Waals surface area contributed by atoms with Crippen molar-refractivity contribution < 1.29 is 9.59 Å². The molecule has 0 bridgehead atoms. The van der Waals surface area contributed by atoms with E-state index in [4.69, 9.17) is 34.8 Å². The molecule has 1 saturated carbocycles. The molecule has 1 aromatic rings. The van der Waals surface area contributed by atoms with Gasteiger partial charge in [-0.1, -0.05) is 40.9 Å². The lowest BCUT2D eigenvalue weighted by molar-refractivity contribution is -0.125. The van der Waals surface area contributed by atoms with Crippen LogP contribution in [0.4, 0.5) is 0 Å². The Bertz CT molecular complexity index is 585. The average Bonchev–Trinajstić information content (AvgIpc) is 3.33. The van der Waals surface area contributed by atoms with E-state index in [9.17, 15) is 9.59 Å². The van der Waals surface area contributed by atoms with Gasteiger partial charge in [0.2, 0.25) is 9.70 Å². The van der Waals surface area contributed by atoms with Gasteiger partial charge in [0.05, 0.1) is 5.56 Å². The van der Waals surface area contributed by atoms with Crippen molar-refractivity contribution in [1.29, 1.82) is 0 Å². The summed E-state index contributed by atoms with van der Waals surface area (Å²) in [5.41, 5.74) is 0.343. The minimum atomic E-state index is -1.95. The highest BCUT2D eigenvalue weighted by atomic mass is 35.6. The maximum atomic E-state index is 12.8. The van der Waals surface area contributed by atoms with Crippen LogP contribution in [0.3, 0.4) is 0 Å². The fourth-order valence-electron chi connectivity index (χ4n) is 2.19. The second kappa shape index (κ2) is 7.51. The van der Waals surface area contributed by atoms with E-state index in [-0.39, 0.29) is 18.5 Å². The third-order valence-electron chi connectivity index (χ3n) is 3.34. The molecule has 1 aliphatic rings. The zero-order chi connectivity index (χ0) is 17.0. The van der Waals surface area contributed by atoms with Gasteiger partial charge >= 0.3 is 0 Å². The molecule has 2 rings (SSSR count). The second-order valence-corrected chi connectivity index (χ2v) is 7.53. The molecule has 0 saturated heterocycles. The summed E-state index contributed by atoms with van der Waals surface area (Å²) in [6.45, 7) is 3.74. The van der Waals surface area contributed by atoms with Crippen molar-refractivity contribution in [2.45, 2.75) is 28.7 Å². The van der Waals surface area contributed by atoms with E-state index < -0.39 is 15.7 Å². The molecule has 2 amide bonds. The number of nitrogens with zero attached hydrogens (tertiary/aromatic N) is 2. The van der Waals surface area contributed by atoms with E-state index in [1.165, 1.54) is 17.2 Å². The van der Waals surface area contributed by atoms with E-state index in [0.717, 1.165) is 12.8 Å². The minimum absolute atomic E-state index is 0.127. The summed E-state index contributed by atoms with van der Waals surface area (Å²) in [5.74, 6) is -0.917. The maximum absolute atomic E-state index is 12.8. The van der Waals surface area contributed by atoms with Crippen molar-refractivity contribution in [2.24, 2.45) is 0 Å². The first-order valence-electron chi connectivity index (χ1n) is 7.04. The molecule has 0 aliphatic heterocycles. The number of aromatic nitrogens is 1. The molecule has 1 aromatic heterocycles. The van der Waals surface area contributed by atoms with Crippen LogP contribution in [0.2, 0.25) is 0 Å². The molecule has 0 spiro atoms. The van der Waals surface area contributed by atoms with Crippen molar-refractivity contribution in [2.75, 3.05) is 6.54 Å². The largest absolute Gasteiger partial charge is 0.351 e. The number of pyridine rings is 1. The van der Waals surface area contributed by atoms with Gasteiger partial charge < -0.3 is 10.2 Å². The summed E-state index contributed by atoms with van der Waals surface area (Å²) < 4.78 is -1.95. The molecule has 0 aromatic carbocycles. The van der Waals surface area contributed by atoms with Crippen LogP contribution < -0.4 is 5.32 Å². The van der Waals surface area contributed by atoms with Crippen LogP contribution >= 0.6 is 34.8 Å². The lowest BCUT2D eigenvalue weighted by Crippen LogP contribution is -2.56. The van der Waals surface area contributed by atoms with Crippen LogP contribution in [0.25, 0.3) is 0 Å². The van der Waals surface area contributed by atoms with Gasteiger partial charge in [-0.15, -0.1) is 6.58 Å². The summed E-state index contributed by atoms with van der Waals surface area (Å²) in [7, 11) is 0. The Labute approximate surface area is 149 Å². The number of carbonyl (C=O) groups excluding carboxylic acids is 2. The number of nitrogens with one attached hydrogen (secondary N) is 1. The molecule has 5 nitrogen and oxygen atoms in total. The zero-order valence-corrected chi connectivity index (χ0v) is 14.5. The quantitative estimate of drug-likeness (QED) is 0.613. The first-order valence-corrected chi connectivity index (χ1v) is 8.17. The van der Waals surface area contributed by atoms with Crippen LogP contribution in [0.5, 0.6) is 0 Å². The predicted molar refractivity (Wildman–Crippen MR) is 90.7 cm³/mol. The lowest BCUT2D eigenvalue weighted by atomic mass is 10.1. The van der Waals surface area contributed by atoms with Crippen molar-refractivity contribution in [1.82, 2.24) is 15.2 Å². The molecule has 1 heterocycles. The third-order valence-corrected chi connectivity index (χ3v) is 3.96. The summed E-state index contributed by atoms with van der Waals surface area (Å²) in [6, 6.07) is 1.90. The number of amides is 2. The number of halogens is 3. The van der Waals surface area contributed by atoms with Gasteiger partial charge in [0.15, 0.2) is 6.04 Å². The first kappa shape index (κ1) is 18.0. The smallest absolute Gasteiger partial charge is 0.256 e. The SMILES string of the molecule is C=CCNC(=O)C(N(C(=O)c1cccnc1)C1CC1)C(Cl)(Cl)Cl. The molecular weight excluding hydrogens is 361 g/mol. The van der Waals surface area contributed by atoms with Gasteiger partial charge in [-0.25, -0.2) is 0 Å². The van der Waals surface area contributed by atoms with Crippen molar-refractivity contribution in [3.63, 3.8) is 0 Å². The summed E-state index contributed by atoms with van der Waals surface area (Å²) in [4.78, 5) is 30.5. The molecule has 1 atom stereocenters. The molecule has 1 unspecified atom stereocenters. The predicted octanol–water partition coefficient (Wildman–Crippen LogP) is 2.73. The van der Waals surface area contributed by atoms with Crippen molar-refractivity contribution in [3.8, 4) is 0 Å². The highest BCUT2D eigenvalue weighted by Crippen LogP contribution is 2.40. The van der Waals surface area contributed by atoms with E-state index >= 15 is 0 Å².